The largest absolute Gasteiger partial charge is 0.349 e. The summed E-state index contributed by atoms with van der Waals surface area (Å²) in [6.07, 6.45) is 1.98. The molecule has 1 aliphatic heterocycles. The fourth-order valence-corrected chi connectivity index (χ4v) is 1.20. The molecule has 0 fully saturated rings. The SMILES string of the molecule is CCCC1=C(C)CNC1=O. The van der Waals surface area contributed by atoms with Gasteiger partial charge in [0.15, 0.2) is 0 Å². The van der Waals surface area contributed by atoms with Crippen LogP contribution in [-0.2, 0) is 4.79 Å². The second-order valence-electron chi connectivity index (χ2n) is 2.69. The predicted octanol–water partition coefficient (Wildman–Crippen LogP) is 1.23. The molecule has 0 spiro atoms. The summed E-state index contributed by atoms with van der Waals surface area (Å²) in [5.74, 6) is 0.138. The highest BCUT2D eigenvalue weighted by molar-refractivity contribution is 5.96. The van der Waals surface area contributed by atoms with Gasteiger partial charge in [-0.25, -0.2) is 0 Å². The number of hydrogen-bond acceptors (Lipinski definition) is 1. The summed E-state index contributed by atoms with van der Waals surface area (Å²) in [4.78, 5) is 11.0. The number of hydrogen-bond donors (Lipinski definition) is 1. The number of rotatable bonds is 2. The zero-order chi connectivity index (χ0) is 7.56. The Morgan fingerprint density at radius 3 is 2.70 bits per heavy atom. The second-order valence-corrected chi connectivity index (χ2v) is 2.69. The Balaban J connectivity index is 2.68. The van der Waals surface area contributed by atoms with Gasteiger partial charge in [-0.05, 0) is 18.9 Å². The lowest BCUT2D eigenvalue weighted by Crippen LogP contribution is -2.17. The highest BCUT2D eigenvalue weighted by atomic mass is 16.1. The molecule has 0 unspecified atom stereocenters. The van der Waals surface area contributed by atoms with Crippen LogP contribution in [0.25, 0.3) is 0 Å². The molecule has 0 bridgehead atoms. The van der Waals surface area contributed by atoms with Gasteiger partial charge in [0.05, 0.1) is 0 Å². The van der Waals surface area contributed by atoms with E-state index in [1.807, 2.05) is 6.92 Å². The minimum absolute atomic E-state index is 0.138. The van der Waals surface area contributed by atoms with E-state index in [9.17, 15) is 4.79 Å². The maximum atomic E-state index is 11.0. The van der Waals surface area contributed by atoms with E-state index in [4.69, 9.17) is 0 Å². The lowest BCUT2D eigenvalue weighted by molar-refractivity contribution is -0.116. The van der Waals surface area contributed by atoms with Crippen LogP contribution in [0, 0.1) is 0 Å². The summed E-state index contributed by atoms with van der Waals surface area (Å²) < 4.78 is 0. The van der Waals surface area contributed by atoms with Crippen LogP contribution in [0.3, 0.4) is 0 Å². The normalized spacial score (nSPS) is 18.0. The zero-order valence-corrected chi connectivity index (χ0v) is 6.53. The van der Waals surface area contributed by atoms with Crippen molar-refractivity contribution < 1.29 is 4.79 Å². The summed E-state index contributed by atoms with van der Waals surface area (Å²) in [5, 5.41) is 2.79. The molecular formula is C8H13NO. The molecule has 10 heavy (non-hydrogen) atoms. The van der Waals surface area contributed by atoms with E-state index < -0.39 is 0 Å². The molecule has 1 heterocycles. The molecule has 0 saturated carbocycles. The lowest BCUT2D eigenvalue weighted by atomic mass is 10.1. The molecule has 1 amide bonds. The molecule has 0 atom stereocenters. The number of carbonyl (C=O) groups is 1. The zero-order valence-electron chi connectivity index (χ0n) is 6.53. The van der Waals surface area contributed by atoms with Crippen LogP contribution < -0.4 is 5.32 Å². The van der Waals surface area contributed by atoms with Gasteiger partial charge in [-0.2, -0.15) is 0 Å². The predicted molar refractivity (Wildman–Crippen MR) is 40.6 cm³/mol. The molecule has 2 nitrogen and oxygen atoms in total. The molecular weight excluding hydrogens is 126 g/mol. The quantitative estimate of drug-likeness (QED) is 0.612. The second kappa shape index (κ2) is 2.86. The maximum Gasteiger partial charge on any atom is 0.247 e. The van der Waals surface area contributed by atoms with Gasteiger partial charge in [-0.1, -0.05) is 13.3 Å². The Labute approximate surface area is 61.3 Å². The van der Waals surface area contributed by atoms with Crippen LogP contribution >= 0.6 is 0 Å². The van der Waals surface area contributed by atoms with Gasteiger partial charge in [-0.15, -0.1) is 0 Å². The van der Waals surface area contributed by atoms with E-state index >= 15 is 0 Å². The molecule has 2 heteroatoms. The Morgan fingerprint density at radius 2 is 2.30 bits per heavy atom. The van der Waals surface area contributed by atoms with Gasteiger partial charge in [0, 0.05) is 12.1 Å². The number of nitrogens with one attached hydrogen (secondary N) is 1. The smallest absolute Gasteiger partial charge is 0.247 e. The van der Waals surface area contributed by atoms with Gasteiger partial charge in [-0.3, -0.25) is 4.79 Å². The molecule has 0 aromatic heterocycles. The first-order valence-electron chi connectivity index (χ1n) is 3.72. The van der Waals surface area contributed by atoms with Crippen LogP contribution in [0.4, 0.5) is 0 Å². The summed E-state index contributed by atoms with van der Waals surface area (Å²) >= 11 is 0. The van der Waals surface area contributed by atoms with Gasteiger partial charge in [0.2, 0.25) is 5.91 Å². The monoisotopic (exact) mass is 139 g/mol. The summed E-state index contributed by atoms with van der Waals surface area (Å²) in [6.45, 7) is 4.86. The van der Waals surface area contributed by atoms with Gasteiger partial charge < -0.3 is 5.32 Å². The molecule has 0 saturated heterocycles. The molecule has 0 aliphatic carbocycles. The Hall–Kier alpha value is -0.790. The van der Waals surface area contributed by atoms with Crippen molar-refractivity contribution in [1.82, 2.24) is 5.32 Å². The van der Waals surface area contributed by atoms with Crippen LogP contribution in [0.5, 0.6) is 0 Å². The van der Waals surface area contributed by atoms with E-state index in [0.29, 0.717) is 0 Å². The fraction of sp³-hybridized carbons (Fsp3) is 0.625. The molecule has 0 aromatic carbocycles. The van der Waals surface area contributed by atoms with Crippen molar-refractivity contribution in [1.29, 1.82) is 0 Å². The first-order valence-corrected chi connectivity index (χ1v) is 3.72. The highest BCUT2D eigenvalue weighted by Gasteiger charge is 2.17. The van der Waals surface area contributed by atoms with Crippen molar-refractivity contribution >= 4 is 5.91 Å². The van der Waals surface area contributed by atoms with Crippen molar-refractivity contribution in [3.8, 4) is 0 Å². The Bertz CT molecular complexity index is 182. The average Bonchev–Trinajstić information content (AvgIpc) is 2.20. The van der Waals surface area contributed by atoms with Crippen LogP contribution in [-0.4, -0.2) is 12.5 Å². The van der Waals surface area contributed by atoms with Crippen molar-refractivity contribution in [3.63, 3.8) is 0 Å². The number of carbonyl (C=O) groups excluding carboxylic acids is 1. The third kappa shape index (κ3) is 1.20. The van der Waals surface area contributed by atoms with Crippen LogP contribution in [0.2, 0.25) is 0 Å². The minimum Gasteiger partial charge on any atom is -0.349 e. The van der Waals surface area contributed by atoms with Crippen molar-refractivity contribution in [2.45, 2.75) is 26.7 Å². The third-order valence-electron chi connectivity index (χ3n) is 1.80. The van der Waals surface area contributed by atoms with Crippen molar-refractivity contribution in [3.05, 3.63) is 11.1 Å². The van der Waals surface area contributed by atoms with E-state index in [0.717, 1.165) is 25.0 Å². The molecule has 56 valence electrons. The van der Waals surface area contributed by atoms with Crippen molar-refractivity contribution in [2.24, 2.45) is 0 Å². The average molecular weight is 139 g/mol. The molecule has 1 N–H and O–H groups in total. The van der Waals surface area contributed by atoms with E-state index in [1.54, 1.807) is 0 Å². The lowest BCUT2D eigenvalue weighted by Gasteiger charge is -1.95. The summed E-state index contributed by atoms with van der Waals surface area (Å²) in [7, 11) is 0. The van der Waals surface area contributed by atoms with Crippen LogP contribution in [0.15, 0.2) is 11.1 Å². The van der Waals surface area contributed by atoms with E-state index in [-0.39, 0.29) is 5.91 Å². The first kappa shape index (κ1) is 7.32. The van der Waals surface area contributed by atoms with E-state index in [1.165, 1.54) is 5.57 Å². The molecule has 0 radical (unpaired) electrons. The number of amides is 1. The molecule has 1 aliphatic rings. The molecule has 1 rings (SSSR count). The topological polar surface area (TPSA) is 29.1 Å². The van der Waals surface area contributed by atoms with Crippen LogP contribution in [0.1, 0.15) is 26.7 Å². The third-order valence-corrected chi connectivity index (χ3v) is 1.80. The maximum absolute atomic E-state index is 11.0. The molecule has 0 aromatic rings. The van der Waals surface area contributed by atoms with Gasteiger partial charge in [0.1, 0.15) is 0 Å². The van der Waals surface area contributed by atoms with Gasteiger partial charge in [0.25, 0.3) is 0 Å². The summed E-state index contributed by atoms with van der Waals surface area (Å²) in [5.41, 5.74) is 2.22. The Kier molecular flexibility index (Phi) is 2.10. The van der Waals surface area contributed by atoms with Gasteiger partial charge >= 0.3 is 0 Å². The summed E-state index contributed by atoms with van der Waals surface area (Å²) in [6, 6.07) is 0. The Morgan fingerprint density at radius 1 is 1.60 bits per heavy atom. The first-order chi connectivity index (χ1) is 4.75. The standard InChI is InChI=1S/C8H13NO/c1-3-4-7-6(2)5-9-8(7)10/h3-5H2,1-2H3,(H,9,10). The van der Waals surface area contributed by atoms with E-state index in [2.05, 4.69) is 12.2 Å². The fourth-order valence-electron chi connectivity index (χ4n) is 1.20. The minimum atomic E-state index is 0.138. The van der Waals surface area contributed by atoms with Crippen molar-refractivity contribution in [2.75, 3.05) is 6.54 Å². The highest BCUT2D eigenvalue weighted by Crippen LogP contribution is 2.15.